The third-order valence-electron chi connectivity index (χ3n) is 5.01. The molecule has 0 aliphatic rings. The van der Waals surface area contributed by atoms with Crippen molar-refractivity contribution in [2.45, 2.75) is 51.2 Å². The van der Waals surface area contributed by atoms with Crippen LogP contribution < -0.4 is 10.9 Å². The molecule has 1 N–H and O–H groups in total. The van der Waals surface area contributed by atoms with Gasteiger partial charge in [0.05, 0.1) is 10.9 Å². The predicted molar refractivity (Wildman–Crippen MR) is 128 cm³/mol. The van der Waals surface area contributed by atoms with E-state index in [2.05, 4.69) is 41.5 Å². The monoisotopic (exact) mass is 449 g/mol. The summed E-state index contributed by atoms with van der Waals surface area (Å²) < 4.78 is 3.58. The van der Waals surface area contributed by atoms with Gasteiger partial charge in [-0.3, -0.25) is 18.6 Å². The molecular weight excluding hydrogens is 422 g/mol. The Morgan fingerprint density at radius 2 is 1.81 bits per heavy atom. The number of hydrogen-bond acceptors (Lipinski definition) is 5. The minimum Gasteiger partial charge on any atom is -0.350 e. The molecule has 0 unspecified atom stereocenters. The summed E-state index contributed by atoms with van der Waals surface area (Å²) in [6.45, 7) is 8.50. The topological polar surface area (TPSA) is 81.3 Å². The van der Waals surface area contributed by atoms with E-state index in [9.17, 15) is 9.59 Å². The second kappa shape index (κ2) is 9.16. The van der Waals surface area contributed by atoms with E-state index < -0.39 is 0 Å². The molecule has 2 aromatic carbocycles. The van der Waals surface area contributed by atoms with Gasteiger partial charge in [-0.15, -0.1) is 10.2 Å². The largest absolute Gasteiger partial charge is 0.350 e. The molecule has 1 amide bonds. The van der Waals surface area contributed by atoms with Crippen LogP contribution in [0, 0.1) is 5.92 Å². The molecule has 0 spiro atoms. The fourth-order valence-electron chi connectivity index (χ4n) is 3.61. The van der Waals surface area contributed by atoms with Crippen molar-refractivity contribution in [3.63, 3.8) is 0 Å². The number of rotatable bonds is 7. The molecule has 0 atom stereocenters. The van der Waals surface area contributed by atoms with Gasteiger partial charge in [-0.2, -0.15) is 0 Å². The molecule has 4 rings (SSSR count). The minimum atomic E-state index is -0.173. The first-order valence-corrected chi connectivity index (χ1v) is 11.7. The van der Waals surface area contributed by atoms with E-state index in [0.717, 1.165) is 5.75 Å². The number of nitrogens with zero attached hydrogens (tertiary/aromatic N) is 4. The van der Waals surface area contributed by atoms with Gasteiger partial charge in [-0.1, -0.05) is 55.9 Å². The van der Waals surface area contributed by atoms with Crippen LogP contribution in [-0.4, -0.2) is 31.1 Å². The third-order valence-corrected chi connectivity index (χ3v) is 6.01. The summed E-state index contributed by atoms with van der Waals surface area (Å²) in [6, 6.07) is 15.3. The summed E-state index contributed by atoms with van der Waals surface area (Å²) in [4.78, 5) is 25.9. The van der Waals surface area contributed by atoms with Crippen LogP contribution >= 0.6 is 11.8 Å². The van der Waals surface area contributed by atoms with E-state index in [-0.39, 0.29) is 23.4 Å². The number of amides is 1. The second-order valence-electron chi connectivity index (χ2n) is 8.56. The molecule has 0 saturated carbocycles. The molecule has 0 saturated heterocycles. The molecule has 4 aromatic rings. The summed E-state index contributed by atoms with van der Waals surface area (Å²) in [5, 5.41) is 12.9. The van der Waals surface area contributed by atoms with Crippen molar-refractivity contribution in [1.82, 2.24) is 24.5 Å². The van der Waals surface area contributed by atoms with Gasteiger partial charge in [0.15, 0.2) is 5.16 Å². The number of carbonyl (C=O) groups is 1. The van der Waals surface area contributed by atoms with Gasteiger partial charge in [-0.05, 0) is 43.5 Å². The van der Waals surface area contributed by atoms with Crippen LogP contribution in [0.2, 0.25) is 0 Å². The number of aromatic nitrogens is 4. The number of benzene rings is 2. The molecule has 0 aliphatic heterocycles. The molecule has 7 nitrogen and oxygen atoms in total. The maximum atomic E-state index is 13.3. The van der Waals surface area contributed by atoms with Crippen molar-refractivity contribution in [3.05, 3.63) is 70.0 Å². The van der Waals surface area contributed by atoms with E-state index in [0.29, 0.717) is 33.9 Å². The Hall–Kier alpha value is -3.13. The zero-order valence-corrected chi connectivity index (χ0v) is 19.5. The fourth-order valence-corrected chi connectivity index (χ4v) is 4.51. The van der Waals surface area contributed by atoms with Crippen molar-refractivity contribution >= 4 is 34.3 Å². The lowest BCUT2D eigenvalue weighted by molar-refractivity contribution is 0.0943. The lowest BCUT2D eigenvalue weighted by Gasteiger charge is -2.14. The molecule has 166 valence electrons. The predicted octanol–water partition coefficient (Wildman–Crippen LogP) is 4.13. The second-order valence-corrected chi connectivity index (χ2v) is 9.50. The molecule has 0 aliphatic carbocycles. The van der Waals surface area contributed by atoms with Crippen LogP contribution in [-0.2, 0) is 12.3 Å². The highest BCUT2D eigenvalue weighted by atomic mass is 32.2. The van der Waals surface area contributed by atoms with Gasteiger partial charge in [0.25, 0.3) is 11.5 Å². The zero-order chi connectivity index (χ0) is 22.8. The van der Waals surface area contributed by atoms with Crippen molar-refractivity contribution in [2.75, 3.05) is 0 Å². The first kappa shape index (κ1) is 22.1. The third kappa shape index (κ3) is 4.41. The molecule has 0 bridgehead atoms. The summed E-state index contributed by atoms with van der Waals surface area (Å²) in [7, 11) is 0. The van der Waals surface area contributed by atoms with E-state index in [1.165, 1.54) is 5.56 Å². The van der Waals surface area contributed by atoms with Crippen LogP contribution in [0.25, 0.3) is 16.7 Å². The number of carbonyl (C=O) groups excluding carboxylic acids is 1. The summed E-state index contributed by atoms with van der Waals surface area (Å²) in [5.74, 6) is 1.31. The highest BCUT2D eigenvalue weighted by Gasteiger charge is 2.19. The Labute approximate surface area is 190 Å². The highest BCUT2D eigenvalue weighted by Crippen LogP contribution is 2.25. The quantitative estimate of drug-likeness (QED) is 0.429. The first-order valence-electron chi connectivity index (χ1n) is 10.7. The highest BCUT2D eigenvalue weighted by molar-refractivity contribution is 7.98. The van der Waals surface area contributed by atoms with Crippen LogP contribution in [0.4, 0.5) is 0 Å². The van der Waals surface area contributed by atoms with Gasteiger partial charge in [0, 0.05) is 23.9 Å². The van der Waals surface area contributed by atoms with Gasteiger partial charge >= 0.3 is 0 Å². The van der Waals surface area contributed by atoms with E-state index in [4.69, 9.17) is 0 Å². The minimum absolute atomic E-state index is 0.0177. The standard InChI is InChI=1S/C24H27N5O2S/c1-15(2)13-28-22(31)19-11-10-18(21(30)25-16(3)4)12-20(19)29-23(28)26-27-24(29)32-14-17-8-6-5-7-9-17/h5-12,15-16H,13-14H2,1-4H3,(H,25,30). The Morgan fingerprint density at radius 3 is 2.50 bits per heavy atom. The van der Waals surface area contributed by atoms with Crippen molar-refractivity contribution in [3.8, 4) is 0 Å². The molecule has 0 radical (unpaired) electrons. The zero-order valence-electron chi connectivity index (χ0n) is 18.7. The first-order chi connectivity index (χ1) is 15.3. The van der Waals surface area contributed by atoms with Gasteiger partial charge in [-0.25, -0.2) is 0 Å². The maximum absolute atomic E-state index is 13.3. The SMILES string of the molecule is CC(C)Cn1c(=O)c2ccc(C(=O)NC(C)C)cc2n2c(SCc3ccccc3)nnc12. The number of nitrogens with one attached hydrogen (secondary N) is 1. The average Bonchev–Trinajstić information content (AvgIpc) is 3.19. The van der Waals surface area contributed by atoms with Gasteiger partial charge in [0.1, 0.15) is 0 Å². The van der Waals surface area contributed by atoms with Gasteiger partial charge in [0.2, 0.25) is 5.78 Å². The van der Waals surface area contributed by atoms with Crippen molar-refractivity contribution in [2.24, 2.45) is 5.92 Å². The molecule has 0 fully saturated rings. The van der Waals surface area contributed by atoms with Crippen LogP contribution in [0.15, 0.2) is 58.5 Å². The van der Waals surface area contributed by atoms with E-state index in [1.54, 1.807) is 34.5 Å². The Balaban J connectivity index is 1.89. The molecule has 32 heavy (non-hydrogen) atoms. The summed E-state index contributed by atoms with van der Waals surface area (Å²) in [5.41, 5.74) is 2.19. The Bertz CT molecular complexity index is 1330. The number of fused-ring (bicyclic) bond motifs is 3. The summed E-state index contributed by atoms with van der Waals surface area (Å²) >= 11 is 1.56. The van der Waals surface area contributed by atoms with E-state index >= 15 is 0 Å². The lowest BCUT2D eigenvalue weighted by Crippen LogP contribution is -2.30. The lowest BCUT2D eigenvalue weighted by atomic mass is 10.1. The fraction of sp³-hybridized carbons (Fsp3) is 0.333. The Morgan fingerprint density at radius 1 is 1.06 bits per heavy atom. The van der Waals surface area contributed by atoms with Crippen LogP contribution in [0.1, 0.15) is 43.6 Å². The molecule has 2 heterocycles. The molecule has 8 heteroatoms. The number of thioether (sulfide) groups is 1. The maximum Gasteiger partial charge on any atom is 0.262 e. The molecular formula is C24H27N5O2S. The van der Waals surface area contributed by atoms with Crippen molar-refractivity contribution in [1.29, 1.82) is 0 Å². The van der Waals surface area contributed by atoms with Crippen LogP contribution in [0.5, 0.6) is 0 Å². The average molecular weight is 450 g/mol. The van der Waals surface area contributed by atoms with Gasteiger partial charge < -0.3 is 5.32 Å². The normalized spacial score (nSPS) is 11.7. The van der Waals surface area contributed by atoms with Crippen LogP contribution in [0.3, 0.4) is 0 Å². The van der Waals surface area contributed by atoms with Crippen molar-refractivity contribution < 1.29 is 4.79 Å². The smallest absolute Gasteiger partial charge is 0.262 e. The molecule has 2 aromatic heterocycles. The summed E-state index contributed by atoms with van der Waals surface area (Å²) in [6.07, 6.45) is 0. The number of hydrogen-bond donors (Lipinski definition) is 1. The Kier molecular flexibility index (Phi) is 6.32. The van der Waals surface area contributed by atoms with E-state index in [1.807, 2.05) is 36.4 Å².